The van der Waals surface area contributed by atoms with E-state index in [4.69, 9.17) is 18.5 Å². The second-order valence-corrected chi connectivity index (χ2v) is 13.7. The van der Waals surface area contributed by atoms with Crippen LogP contribution < -0.4 is 0 Å². The van der Waals surface area contributed by atoms with Crippen molar-refractivity contribution >= 4 is 13.8 Å². The van der Waals surface area contributed by atoms with Crippen molar-refractivity contribution in [2.24, 2.45) is 0 Å². The summed E-state index contributed by atoms with van der Waals surface area (Å²) in [5.74, 6) is -0.505. The summed E-state index contributed by atoms with van der Waals surface area (Å²) in [6.45, 7) is 4.39. The number of carbonyl (C=O) groups excluding carboxylic acids is 1. The summed E-state index contributed by atoms with van der Waals surface area (Å²) in [4.78, 5) is 21.3. The molecular formula is C38H65NO7P+. The molecule has 0 aliphatic carbocycles. The van der Waals surface area contributed by atoms with E-state index in [1.54, 1.807) is 0 Å². The summed E-state index contributed by atoms with van der Waals surface area (Å²) in [5, 5.41) is 0. The molecule has 0 bridgehead atoms. The average molecular weight is 679 g/mol. The number of quaternary nitrogens is 1. The van der Waals surface area contributed by atoms with Crippen LogP contribution >= 0.6 is 7.82 Å². The van der Waals surface area contributed by atoms with Gasteiger partial charge in [-0.05, 0) is 64.2 Å². The Balaban J connectivity index is 3.81. The SMILES string of the molecule is CC/C=C\C/C=C\C/C=C\C/C=C\C/C=C\C/C=C\C/C=C\CCCCCCOCC(COP(=O)(O)OCC[N+](C)(C)C)OC(C)=O. The van der Waals surface area contributed by atoms with Crippen molar-refractivity contribution < 1.29 is 37.3 Å². The van der Waals surface area contributed by atoms with E-state index in [-0.39, 0.29) is 19.8 Å². The molecule has 0 fully saturated rings. The van der Waals surface area contributed by atoms with Crippen molar-refractivity contribution in [1.29, 1.82) is 0 Å². The number of esters is 1. The summed E-state index contributed by atoms with van der Waals surface area (Å²) in [7, 11) is 1.62. The van der Waals surface area contributed by atoms with Crippen LogP contribution in [-0.4, -0.2) is 75.6 Å². The van der Waals surface area contributed by atoms with E-state index in [1.807, 2.05) is 21.1 Å². The van der Waals surface area contributed by atoms with Crippen LogP contribution in [0.25, 0.3) is 0 Å². The van der Waals surface area contributed by atoms with E-state index in [0.717, 1.165) is 77.0 Å². The number of phosphoric ester groups is 1. The van der Waals surface area contributed by atoms with Gasteiger partial charge in [-0.25, -0.2) is 4.57 Å². The average Bonchev–Trinajstić information content (AvgIpc) is 3.00. The predicted molar refractivity (Wildman–Crippen MR) is 196 cm³/mol. The second kappa shape index (κ2) is 31.0. The molecule has 0 saturated carbocycles. The minimum atomic E-state index is -4.24. The van der Waals surface area contributed by atoms with Gasteiger partial charge in [0, 0.05) is 13.5 Å². The lowest BCUT2D eigenvalue weighted by Gasteiger charge is -2.24. The largest absolute Gasteiger partial charge is 0.472 e. The van der Waals surface area contributed by atoms with Crippen molar-refractivity contribution in [3.63, 3.8) is 0 Å². The Hall–Kier alpha value is -2.32. The molecule has 0 amide bonds. The number of allylic oxidation sites excluding steroid dienone is 14. The smallest absolute Gasteiger partial charge is 0.458 e. The van der Waals surface area contributed by atoms with Crippen molar-refractivity contribution in [3.8, 4) is 0 Å². The molecule has 0 radical (unpaired) electrons. The van der Waals surface area contributed by atoms with Crippen LogP contribution in [0.4, 0.5) is 0 Å². The number of carbonyl (C=O) groups is 1. The van der Waals surface area contributed by atoms with E-state index in [0.29, 0.717) is 17.6 Å². The lowest BCUT2D eigenvalue weighted by Crippen LogP contribution is -2.37. The first-order valence-electron chi connectivity index (χ1n) is 17.3. The minimum absolute atomic E-state index is 0.0747. The Morgan fingerprint density at radius 3 is 1.60 bits per heavy atom. The third-order valence-electron chi connectivity index (χ3n) is 6.52. The summed E-state index contributed by atoms with van der Waals surface area (Å²) in [5.41, 5.74) is 0. The normalized spacial score (nSPS) is 15.1. The van der Waals surface area contributed by atoms with E-state index < -0.39 is 19.9 Å². The number of ether oxygens (including phenoxy) is 2. The molecule has 2 unspecified atom stereocenters. The molecule has 0 aliphatic rings. The number of unbranched alkanes of at least 4 members (excludes halogenated alkanes) is 4. The van der Waals surface area contributed by atoms with E-state index in [1.165, 1.54) is 6.92 Å². The number of phosphoric acid groups is 1. The highest BCUT2D eigenvalue weighted by molar-refractivity contribution is 7.47. The molecule has 9 heteroatoms. The molecule has 8 nitrogen and oxygen atoms in total. The highest BCUT2D eigenvalue weighted by atomic mass is 31.2. The van der Waals surface area contributed by atoms with E-state index >= 15 is 0 Å². The van der Waals surface area contributed by atoms with Gasteiger partial charge in [0.1, 0.15) is 19.3 Å². The zero-order chi connectivity index (χ0) is 34.9. The summed E-state index contributed by atoms with van der Waals surface area (Å²) in [6, 6.07) is 0. The van der Waals surface area contributed by atoms with Crippen LogP contribution in [0.2, 0.25) is 0 Å². The molecule has 0 aromatic heterocycles. The maximum Gasteiger partial charge on any atom is 0.472 e. The Labute approximate surface area is 286 Å². The van der Waals surface area contributed by atoms with Crippen LogP contribution in [0.3, 0.4) is 0 Å². The highest BCUT2D eigenvalue weighted by Gasteiger charge is 2.25. The fourth-order valence-electron chi connectivity index (χ4n) is 3.94. The zero-order valence-electron chi connectivity index (χ0n) is 30.0. The molecule has 2 atom stereocenters. The molecule has 0 rings (SSSR count). The minimum Gasteiger partial charge on any atom is -0.458 e. The molecule has 0 spiro atoms. The van der Waals surface area contributed by atoms with Gasteiger partial charge in [-0.1, -0.05) is 105 Å². The lowest BCUT2D eigenvalue weighted by molar-refractivity contribution is -0.870. The first kappa shape index (κ1) is 44.7. The van der Waals surface area contributed by atoms with Gasteiger partial charge in [0.05, 0.1) is 34.4 Å². The summed E-state index contributed by atoms with van der Waals surface area (Å²) >= 11 is 0. The molecule has 0 aromatic carbocycles. The van der Waals surface area contributed by atoms with Gasteiger partial charge < -0.3 is 18.9 Å². The molecule has 0 heterocycles. The van der Waals surface area contributed by atoms with E-state index in [9.17, 15) is 14.3 Å². The quantitative estimate of drug-likeness (QED) is 0.0266. The zero-order valence-corrected chi connectivity index (χ0v) is 30.9. The van der Waals surface area contributed by atoms with Gasteiger partial charge in [-0.3, -0.25) is 13.8 Å². The number of nitrogens with zero attached hydrogens (tertiary/aromatic N) is 1. The standard InChI is InChI=1S/C38H64NO7P/c1-6-7-8-9-10-11-12-13-14-15-16-17-18-19-20-21-22-23-24-25-26-27-28-29-30-31-33-43-35-38(46-37(2)40)36-45-47(41,42)44-34-32-39(3,4)5/h7-8,10-11,13-14,16-17,19-20,22-23,25-26,38H,6,9,12,15,18,21,24,27-36H2,1-5H3/p+1/b8-7-,11-10-,14-13-,17-16-,20-19-,23-22-,26-25-. The molecule has 1 N–H and O–H groups in total. The van der Waals surface area contributed by atoms with Gasteiger partial charge in [-0.2, -0.15) is 0 Å². The maximum atomic E-state index is 12.1. The summed E-state index contributed by atoms with van der Waals surface area (Å²) in [6.07, 6.45) is 42.5. The Morgan fingerprint density at radius 1 is 0.660 bits per heavy atom. The Kier molecular flexibility index (Phi) is 29.4. The van der Waals surface area contributed by atoms with Crippen molar-refractivity contribution in [1.82, 2.24) is 0 Å². The molecule has 0 saturated heterocycles. The molecule has 47 heavy (non-hydrogen) atoms. The van der Waals surface area contributed by atoms with Crippen molar-refractivity contribution in [3.05, 3.63) is 85.1 Å². The van der Waals surface area contributed by atoms with Gasteiger partial charge in [0.25, 0.3) is 0 Å². The number of hydrogen-bond acceptors (Lipinski definition) is 6. The van der Waals surface area contributed by atoms with Crippen LogP contribution in [0.5, 0.6) is 0 Å². The Morgan fingerprint density at radius 2 is 1.13 bits per heavy atom. The first-order chi connectivity index (χ1) is 22.6. The summed E-state index contributed by atoms with van der Waals surface area (Å²) < 4.78 is 33.5. The van der Waals surface area contributed by atoms with Crippen LogP contribution in [0.1, 0.15) is 90.9 Å². The lowest BCUT2D eigenvalue weighted by atomic mass is 10.1. The third kappa shape index (κ3) is 36.4. The number of hydrogen-bond donors (Lipinski definition) is 1. The van der Waals surface area contributed by atoms with Crippen LogP contribution in [-0.2, 0) is 27.9 Å². The van der Waals surface area contributed by atoms with Gasteiger partial charge in [0.2, 0.25) is 0 Å². The second-order valence-electron chi connectivity index (χ2n) is 12.2. The molecule has 268 valence electrons. The van der Waals surface area contributed by atoms with Crippen LogP contribution in [0, 0.1) is 0 Å². The molecule has 0 aromatic rings. The fraction of sp³-hybridized carbons (Fsp3) is 0.605. The van der Waals surface area contributed by atoms with Gasteiger partial charge in [0.15, 0.2) is 0 Å². The van der Waals surface area contributed by atoms with Crippen LogP contribution in [0.15, 0.2) is 85.1 Å². The molecule has 0 aliphatic heterocycles. The van der Waals surface area contributed by atoms with Crippen molar-refractivity contribution in [2.45, 2.75) is 97.0 Å². The van der Waals surface area contributed by atoms with Gasteiger partial charge in [-0.15, -0.1) is 0 Å². The monoisotopic (exact) mass is 678 g/mol. The first-order valence-corrected chi connectivity index (χ1v) is 18.8. The van der Waals surface area contributed by atoms with Gasteiger partial charge >= 0.3 is 13.8 Å². The molecular weight excluding hydrogens is 613 g/mol. The van der Waals surface area contributed by atoms with Crippen molar-refractivity contribution in [2.75, 3.05) is 54.1 Å². The van der Waals surface area contributed by atoms with E-state index in [2.05, 4.69) is 92.0 Å². The number of likely N-dealkylation sites (N-methyl/N-ethyl adjacent to an activating group) is 1. The number of rotatable bonds is 30. The maximum absolute atomic E-state index is 12.1. The Bertz CT molecular complexity index is 1020. The fourth-order valence-corrected chi connectivity index (χ4v) is 4.68. The topological polar surface area (TPSA) is 91.3 Å². The highest BCUT2D eigenvalue weighted by Crippen LogP contribution is 2.43. The predicted octanol–water partition coefficient (Wildman–Crippen LogP) is 9.37. The third-order valence-corrected chi connectivity index (χ3v) is 7.51.